The third-order valence-electron chi connectivity index (χ3n) is 2.93. The van der Waals surface area contributed by atoms with Crippen molar-refractivity contribution in [3.63, 3.8) is 0 Å². The van der Waals surface area contributed by atoms with Crippen LogP contribution in [0.1, 0.15) is 33.8 Å². The maximum Gasteiger partial charge on any atom is 0.371 e. The van der Waals surface area contributed by atoms with Gasteiger partial charge in [0.2, 0.25) is 5.82 Å². The van der Waals surface area contributed by atoms with Gasteiger partial charge in [0.15, 0.2) is 0 Å². The molecule has 1 aromatic heterocycles. The molecule has 1 amide bonds. The zero-order valence-corrected chi connectivity index (χ0v) is 10.5. The van der Waals surface area contributed by atoms with E-state index in [1.807, 2.05) is 0 Å². The first-order valence-corrected chi connectivity index (χ1v) is 6.16. The number of halogens is 1. The van der Waals surface area contributed by atoms with Gasteiger partial charge in [0.05, 0.1) is 21.6 Å². The minimum atomic E-state index is -1.16. The van der Waals surface area contributed by atoms with Crippen molar-refractivity contribution in [2.75, 3.05) is 0 Å². The van der Waals surface area contributed by atoms with E-state index in [-0.39, 0.29) is 22.8 Å². The highest BCUT2D eigenvalue weighted by molar-refractivity contribution is 6.34. The third kappa shape index (κ3) is 2.26. The van der Waals surface area contributed by atoms with Crippen molar-refractivity contribution in [2.45, 2.75) is 18.9 Å². The van der Waals surface area contributed by atoms with Crippen LogP contribution in [-0.4, -0.2) is 33.0 Å². The molecule has 7 heteroatoms. The lowest BCUT2D eigenvalue weighted by atomic mass is 10.2. The molecular formula is C12H10ClN3O3. The fraction of sp³-hybridized carbons (Fsp3) is 0.250. The Morgan fingerprint density at radius 3 is 2.79 bits per heavy atom. The smallest absolute Gasteiger partial charge is 0.371 e. The standard InChI is InChI=1S/C12H10ClN3O3/c13-7-4-9-8(15-10(16-9)12(18)19)3-6(7)11(17)14-5-1-2-5/h3-5H,1-2H2,(H,14,17)(H,15,16)(H,18,19). The van der Waals surface area contributed by atoms with E-state index < -0.39 is 5.97 Å². The van der Waals surface area contributed by atoms with Crippen LogP contribution in [0.25, 0.3) is 11.0 Å². The SMILES string of the molecule is O=C(O)c1nc2cc(C(=O)NC3CC3)c(Cl)cc2[nH]1. The van der Waals surface area contributed by atoms with E-state index in [2.05, 4.69) is 15.3 Å². The number of carboxylic acids is 1. The molecule has 98 valence electrons. The zero-order valence-electron chi connectivity index (χ0n) is 9.74. The Hall–Kier alpha value is -2.08. The number of fused-ring (bicyclic) bond motifs is 1. The minimum Gasteiger partial charge on any atom is -0.475 e. The van der Waals surface area contributed by atoms with Crippen molar-refractivity contribution in [3.05, 3.63) is 28.5 Å². The van der Waals surface area contributed by atoms with Crippen LogP contribution >= 0.6 is 11.6 Å². The quantitative estimate of drug-likeness (QED) is 0.798. The van der Waals surface area contributed by atoms with Crippen molar-refractivity contribution in [1.82, 2.24) is 15.3 Å². The summed E-state index contributed by atoms with van der Waals surface area (Å²) in [5.41, 5.74) is 1.21. The Labute approximate surface area is 112 Å². The van der Waals surface area contributed by atoms with Crippen LogP contribution in [0.4, 0.5) is 0 Å². The molecule has 0 unspecified atom stereocenters. The average Bonchev–Trinajstić information content (AvgIpc) is 3.05. The second-order valence-electron chi connectivity index (χ2n) is 4.49. The Balaban J connectivity index is 2.02. The maximum atomic E-state index is 12.0. The number of aromatic amines is 1. The number of aromatic nitrogens is 2. The molecule has 19 heavy (non-hydrogen) atoms. The molecule has 1 aromatic carbocycles. The van der Waals surface area contributed by atoms with Crippen molar-refractivity contribution in [2.24, 2.45) is 0 Å². The Bertz CT molecular complexity index is 691. The maximum absolute atomic E-state index is 12.0. The van der Waals surface area contributed by atoms with Crippen molar-refractivity contribution in [1.29, 1.82) is 0 Å². The number of carbonyl (C=O) groups is 2. The van der Waals surface area contributed by atoms with Crippen LogP contribution in [0.3, 0.4) is 0 Å². The molecule has 3 N–H and O–H groups in total. The highest BCUT2D eigenvalue weighted by atomic mass is 35.5. The van der Waals surface area contributed by atoms with E-state index in [4.69, 9.17) is 16.7 Å². The molecule has 0 radical (unpaired) electrons. The molecule has 1 saturated carbocycles. The fourth-order valence-electron chi connectivity index (χ4n) is 1.80. The van der Waals surface area contributed by atoms with E-state index in [9.17, 15) is 9.59 Å². The number of carboxylic acid groups (broad SMARTS) is 1. The number of imidazole rings is 1. The van der Waals surface area contributed by atoms with Crippen LogP contribution in [0.5, 0.6) is 0 Å². The van der Waals surface area contributed by atoms with Gasteiger partial charge in [-0.3, -0.25) is 4.79 Å². The topological polar surface area (TPSA) is 95.1 Å². The third-order valence-corrected chi connectivity index (χ3v) is 3.24. The summed E-state index contributed by atoms with van der Waals surface area (Å²) in [6, 6.07) is 3.24. The van der Waals surface area contributed by atoms with Crippen LogP contribution in [0.2, 0.25) is 5.02 Å². The van der Waals surface area contributed by atoms with Gasteiger partial charge >= 0.3 is 5.97 Å². The molecule has 1 aliphatic carbocycles. The van der Waals surface area contributed by atoms with Gasteiger partial charge in [-0.05, 0) is 25.0 Å². The summed E-state index contributed by atoms with van der Waals surface area (Å²) in [6.07, 6.45) is 1.97. The lowest BCUT2D eigenvalue weighted by molar-refractivity contribution is 0.0685. The summed E-state index contributed by atoms with van der Waals surface area (Å²) in [5, 5.41) is 12.0. The molecule has 1 heterocycles. The minimum absolute atomic E-state index is 0.175. The van der Waals surface area contributed by atoms with Gasteiger partial charge in [-0.1, -0.05) is 11.6 Å². The van der Waals surface area contributed by atoms with Crippen molar-refractivity contribution >= 4 is 34.5 Å². The highest BCUT2D eigenvalue weighted by Gasteiger charge is 2.25. The number of amides is 1. The molecule has 1 aliphatic rings. The molecule has 0 atom stereocenters. The van der Waals surface area contributed by atoms with Gasteiger partial charge in [-0.25, -0.2) is 9.78 Å². The largest absolute Gasteiger partial charge is 0.475 e. The molecule has 3 rings (SSSR count). The lowest BCUT2D eigenvalue weighted by Gasteiger charge is -2.05. The second-order valence-corrected chi connectivity index (χ2v) is 4.89. The number of benzene rings is 1. The van der Waals surface area contributed by atoms with E-state index in [0.717, 1.165) is 12.8 Å². The van der Waals surface area contributed by atoms with Crippen LogP contribution in [0, 0.1) is 0 Å². The van der Waals surface area contributed by atoms with Gasteiger partial charge in [0, 0.05) is 6.04 Å². The second kappa shape index (κ2) is 4.24. The summed E-state index contributed by atoms with van der Waals surface area (Å²) in [6.45, 7) is 0. The van der Waals surface area contributed by atoms with Gasteiger partial charge in [-0.2, -0.15) is 0 Å². The summed E-state index contributed by atoms with van der Waals surface area (Å²) < 4.78 is 0. The number of carbonyl (C=O) groups excluding carboxylic acids is 1. The summed E-state index contributed by atoms with van der Waals surface area (Å²) in [7, 11) is 0. The first-order valence-electron chi connectivity index (χ1n) is 5.78. The zero-order chi connectivity index (χ0) is 13.6. The lowest BCUT2D eigenvalue weighted by Crippen LogP contribution is -2.25. The van der Waals surface area contributed by atoms with E-state index in [1.54, 1.807) is 0 Å². The van der Waals surface area contributed by atoms with Crippen molar-refractivity contribution in [3.8, 4) is 0 Å². The van der Waals surface area contributed by atoms with Crippen LogP contribution in [0.15, 0.2) is 12.1 Å². The first-order chi connectivity index (χ1) is 9.04. The van der Waals surface area contributed by atoms with E-state index in [0.29, 0.717) is 16.6 Å². The number of hydrogen-bond donors (Lipinski definition) is 3. The molecule has 0 spiro atoms. The number of nitrogens with one attached hydrogen (secondary N) is 2. The molecule has 0 bridgehead atoms. The van der Waals surface area contributed by atoms with Crippen molar-refractivity contribution < 1.29 is 14.7 Å². The summed E-state index contributed by atoms with van der Waals surface area (Å²) >= 11 is 6.03. The van der Waals surface area contributed by atoms with Crippen LogP contribution < -0.4 is 5.32 Å². The van der Waals surface area contributed by atoms with E-state index >= 15 is 0 Å². The molecule has 6 nitrogen and oxygen atoms in total. The molecule has 0 saturated heterocycles. The summed E-state index contributed by atoms with van der Waals surface area (Å²) in [4.78, 5) is 29.3. The van der Waals surface area contributed by atoms with Crippen LogP contribution in [-0.2, 0) is 0 Å². The normalized spacial score (nSPS) is 14.6. The number of hydrogen-bond acceptors (Lipinski definition) is 3. The van der Waals surface area contributed by atoms with Gasteiger partial charge < -0.3 is 15.4 Å². The highest BCUT2D eigenvalue weighted by Crippen LogP contribution is 2.25. The Morgan fingerprint density at radius 2 is 2.16 bits per heavy atom. The van der Waals surface area contributed by atoms with Gasteiger partial charge in [0.25, 0.3) is 5.91 Å². The molecule has 0 aliphatic heterocycles. The first kappa shape index (κ1) is 12.0. The monoisotopic (exact) mass is 279 g/mol. The van der Waals surface area contributed by atoms with Gasteiger partial charge in [0.1, 0.15) is 0 Å². The fourth-order valence-corrected chi connectivity index (χ4v) is 2.05. The van der Waals surface area contributed by atoms with E-state index in [1.165, 1.54) is 12.1 Å². The Kier molecular flexibility index (Phi) is 2.67. The van der Waals surface area contributed by atoms with Gasteiger partial charge in [-0.15, -0.1) is 0 Å². The number of aromatic carboxylic acids is 1. The molecule has 1 fully saturated rings. The predicted octanol–water partition coefficient (Wildman–Crippen LogP) is 1.81. The Morgan fingerprint density at radius 1 is 1.42 bits per heavy atom. The predicted molar refractivity (Wildman–Crippen MR) is 68.6 cm³/mol. The molecule has 2 aromatic rings. The number of nitrogens with zero attached hydrogens (tertiary/aromatic N) is 1. The molecular weight excluding hydrogens is 270 g/mol. The number of rotatable bonds is 3. The summed E-state index contributed by atoms with van der Waals surface area (Å²) in [5.74, 6) is -1.59. The number of H-pyrrole nitrogens is 1. The average molecular weight is 280 g/mol.